The molecular formula is C17H23ClN2O4S2. The highest BCUT2D eigenvalue weighted by Gasteiger charge is 2.34. The van der Waals surface area contributed by atoms with E-state index in [1.807, 2.05) is 7.05 Å². The number of thiophene rings is 1. The van der Waals surface area contributed by atoms with Gasteiger partial charge in [-0.1, -0.05) is 0 Å². The summed E-state index contributed by atoms with van der Waals surface area (Å²) in [7, 11) is -1.71. The predicted octanol–water partition coefficient (Wildman–Crippen LogP) is 2.87. The number of rotatable bonds is 6. The van der Waals surface area contributed by atoms with Crippen LogP contribution in [0.5, 0.6) is 0 Å². The van der Waals surface area contributed by atoms with Crippen LogP contribution in [0.2, 0.25) is 0 Å². The largest absolute Gasteiger partial charge is 0.462 e. The molecule has 0 saturated carbocycles. The van der Waals surface area contributed by atoms with Gasteiger partial charge in [0.05, 0.1) is 11.5 Å². The molecule has 0 bridgehead atoms. The smallest absolute Gasteiger partial charge is 0.348 e. The first-order valence-corrected chi connectivity index (χ1v) is 10.6. The van der Waals surface area contributed by atoms with E-state index < -0.39 is 10.0 Å². The lowest BCUT2D eigenvalue weighted by atomic mass is 10.2. The average molecular weight is 419 g/mol. The van der Waals surface area contributed by atoms with Gasteiger partial charge in [0.2, 0.25) is 10.0 Å². The Morgan fingerprint density at radius 2 is 2.15 bits per heavy atom. The standard InChI is InChI=1S/C17H22N2O4S2.ClH/c1-3-23-17(20)16-10-12-9-14(6-7-15(12)24-16)25(21,22)19-8-4-5-13(19)11-18-2;/h6-7,9-10,13,18H,3-5,8,11H2,1-2H3;1H. The highest BCUT2D eigenvalue weighted by molar-refractivity contribution is 7.89. The molecule has 6 nitrogen and oxygen atoms in total. The number of likely N-dealkylation sites (N-methyl/N-ethyl adjacent to an activating group) is 1. The van der Waals surface area contributed by atoms with E-state index >= 15 is 0 Å². The molecule has 0 amide bonds. The Labute approximate surface area is 164 Å². The molecule has 1 unspecified atom stereocenters. The Balaban J connectivity index is 0.00000243. The summed E-state index contributed by atoms with van der Waals surface area (Å²) in [5, 5.41) is 3.81. The molecule has 9 heteroatoms. The van der Waals surface area contributed by atoms with Crippen LogP contribution in [0.4, 0.5) is 0 Å². The van der Waals surface area contributed by atoms with Crippen molar-refractivity contribution in [1.29, 1.82) is 0 Å². The minimum Gasteiger partial charge on any atom is -0.462 e. The summed E-state index contributed by atoms with van der Waals surface area (Å²) in [6.07, 6.45) is 1.74. The average Bonchev–Trinajstić information content (AvgIpc) is 3.21. The zero-order chi connectivity index (χ0) is 18.0. The third-order valence-electron chi connectivity index (χ3n) is 4.33. The molecule has 1 N–H and O–H groups in total. The van der Waals surface area contributed by atoms with Crippen molar-refractivity contribution in [3.8, 4) is 0 Å². The number of fused-ring (bicyclic) bond motifs is 1. The lowest BCUT2D eigenvalue weighted by Gasteiger charge is -2.23. The van der Waals surface area contributed by atoms with Gasteiger partial charge >= 0.3 is 5.97 Å². The topological polar surface area (TPSA) is 75.7 Å². The molecule has 0 radical (unpaired) electrons. The second-order valence-corrected chi connectivity index (χ2v) is 8.97. The van der Waals surface area contributed by atoms with Crippen molar-refractivity contribution in [2.75, 3.05) is 26.7 Å². The zero-order valence-electron chi connectivity index (χ0n) is 14.7. The first kappa shape index (κ1) is 21.1. The number of sulfonamides is 1. The highest BCUT2D eigenvalue weighted by atomic mass is 35.5. The number of esters is 1. The van der Waals surface area contributed by atoms with E-state index in [-0.39, 0.29) is 29.3 Å². The van der Waals surface area contributed by atoms with Gasteiger partial charge < -0.3 is 10.1 Å². The summed E-state index contributed by atoms with van der Waals surface area (Å²) in [6, 6.07) is 6.73. The van der Waals surface area contributed by atoms with E-state index in [1.54, 1.807) is 35.5 Å². The maximum atomic E-state index is 13.0. The number of nitrogens with zero attached hydrogens (tertiary/aromatic N) is 1. The molecule has 1 saturated heterocycles. The van der Waals surface area contributed by atoms with E-state index in [1.165, 1.54) is 11.3 Å². The quantitative estimate of drug-likeness (QED) is 0.730. The molecule has 1 aliphatic heterocycles. The second kappa shape index (κ2) is 8.67. The zero-order valence-corrected chi connectivity index (χ0v) is 17.2. The number of carbonyl (C=O) groups is 1. The fourth-order valence-corrected chi connectivity index (χ4v) is 5.85. The van der Waals surface area contributed by atoms with Crippen LogP contribution in [0, 0.1) is 0 Å². The molecule has 1 aliphatic rings. The van der Waals surface area contributed by atoms with E-state index in [2.05, 4.69) is 5.32 Å². The summed E-state index contributed by atoms with van der Waals surface area (Å²) in [5.41, 5.74) is 0. The van der Waals surface area contributed by atoms with Crippen molar-refractivity contribution in [2.45, 2.75) is 30.7 Å². The number of hydrogen-bond donors (Lipinski definition) is 1. The second-order valence-electron chi connectivity index (χ2n) is 6.00. The van der Waals surface area contributed by atoms with Crippen LogP contribution in [0.15, 0.2) is 29.2 Å². The summed E-state index contributed by atoms with van der Waals surface area (Å²) >= 11 is 1.31. The minimum absolute atomic E-state index is 0. The Kier molecular flexibility index (Phi) is 7.04. The fourth-order valence-electron chi connectivity index (χ4n) is 3.19. The van der Waals surface area contributed by atoms with Crippen LogP contribution in [0.3, 0.4) is 0 Å². The molecule has 0 spiro atoms. The van der Waals surface area contributed by atoms with Crippen molar-refractivity contribution in [1.82, 2.24) is 9.62 Å². The van der Waals surface area contributed by atoms with Crippen LogP contribution in [0.1, 0.15) is 29.4 Å². The van der Waals surface area contributed by atoms with Crippen LogP contribution >= 0.6 is 23.7 Å². The van der Waals surface area contributed by atoms with Crippen molar-refractivity contribution >= 4 is 49.8 Å². The highest BCUT2D eigenvalue weighted by Crippen LogP contribution is 2.31. The lowest BCUT2D eigenvalue weighted by molar-refractivity contribution is 0.0532. The molecule has 1 aromatic carbocycles. The Morgan fingerprint density at radius 1 is 1.38 bits per heavy atom. The van der Waals surface area contributed by atoms with E-state index in [0.29, 0.717) is 24.6 Å². The third-order valence-corrected chi connectivity index (χ3v) is 7.38. The van der Waals surface area contributed by atoms with Gasteiger partial charge in [-0.25, -0.2) is 13.2 Å². The van der Waals surface area contributed by atoms with Crippen LogP contribution in [0.25, 0.3) is 10.1 Å². The van der Waals surface area contributed by atoms with Gasteiger partial charge in [0.1, 0.15) is 4.88 Å². The molecule has 0 aliphatic carbocycles. The Hall–Kier alpha value is -1.19. The van der Waals surface area contributed by atoms with Gasteiger partial charge in [0, 0.05) is 23.8 Å². The molecule has 1 aromatic heterocycles. The molecule has 3 rings (SSSR count). The van der Waals surface area contributed by atoms with Gasteiger partial charge in [-0.3, -0.25) is 0 Å². The van der Waals surface area contributed by atoms with Crippen LogP contribution < -0.4 is 5.32 Å². The van der Waals surface area contributed by atoms with Gasteiger partial charge in [0.15, 0.2) is 0 Å². The first-order valence-electron chi connectivity index (χ1n) is 8.34. The summed E-state index contributed by atoms with van der Waals surface area (Å²) in [4.78, 5) is 12.6. The van der Waals surface area contributed by atoms with Crippen molar-refractivity contribution in [2.24, 2.45) is 0 Å². The van der Waals surface area contributed by atoms with E-state index in [9.17, 15) is 13.2 Å². The number of ether oxygens (including phenoxy) is 1. The number of carbonyl (C=O) groups excluding carboxylic acids is 1. The predicted molar refractivity (Wildman–Crippen MR) is 106 cm³/mol. The number of nitrogens with one attached hydrogen (secondary N) is 1. The van der Waals surface area contributed by atoms with E-state index in [4.69, 9.17) is 4.74 Å². The summed E-state index contributed by atoms with van der Waals surface area (Å²) in [5.74, 6) is -0.373. The Bertz CT molecular complexity index is 882. The molecule has 1 fully saturated rings. The van der Waals surface area contributed by atoms with Crippen molar-refractivity contribution in [3.05, 3.63) is 29.1 Å². The lowest BCUT2D eigenvalue weighted by Crippen LogP contribution is -2.40. The summed E-state index contributed by atoms with van der Waals surface area (Å²) in [6.45, 7) is 3.26. The fraction of sp³-hybridized carbons (Fsp3) is 0.471. The SMILES string of the molecule is CCOC(=O)c1cc2cc(S(=O)(=O)N3CCCC3CNC)ccc2s1.Cl. The summed E-state index contributed by atoms with van der Waals surface area (Å²) < 4.78 is 33.5. The maximum absolute atomic E-state index is 13.0. The monoisotopic (exact) mass is 418 g/mol. The van der Waals surface area contributed by atoms with Crippen molar-refractivity contribution < 1.29 is 17.9 Å². The van der Waals surface area contributed by atoms with Gasteiger partial charge in [-0.05, 0) is 56.5 Å². The normalized spacial score (nSPS) is 18.0. The van der Waals surface area contributed by atoms with E-state index in [0.717, 1.165) is 22.9 Å². The van der Waals surface area contributed by atoms with Crippen LogP contribution in [-0.4, -0.2) is 51.5 Å². The van der Waals surface area contributed by atoms with Crippen molar-refractivity contribution in [3.63, 3.8) is 0 Å². The number of halogens is 1. The Morgan fingerprint density at radius 3 is 2.85 bits per heavy atom. The minimum atomic E-state index is -3.54. The molecule has 1 atom stereocenters. The molecule has 2 aromatic rings. The molecule has 26 heavy (non-hydrogen) atoms. The molecular weight excluding hydrogens is 396 g/mol. The maximum Gasteiger partial charge on any atom is 0.348 e. The number of hydrogen-bond acceptors (Lipinski definition) is 6. The number of benzene rings is 1. The first-order chi connectivity index (χ1) is 12.0. The molecule has 144 valence electrons. The molecule has 2 heterocycles. The van der Waals surface area contributed by atoms with Gasteiger partial charge in [-0.15, -0.1) is 23.7 Å². The van der Waals surface area contributed by atoms with Crippen LogP contribution in [-0.2, 0) is 14.8 Å². The third kappa shape index (κ3) is 4.04. The van der Waals surface area contributed by atoms with Gasteiger partial charge in [0.25, 0.3) is 0 Å². The van der Waals surface area contributed by atoms with Gasteiger partial charge in [-0.2, -0.15) is 4.31 Å².